The molecular formula is C29H26N2. The van der Waals surface area contributed by atoms with E-state index < -0.39 is 0 Å². The highest BCUT2D eigenvalue weighted by Gasteiger charge is 2.01. The highest BCUT2D eigenvalue weighted by atomic mass is 14.7. The van der Waals surface area contributed by atoms with Crippen LogP contribution < -0.4 is 0 Å². The van der Waals surface area contributed by atoms with Gasteiger partial charge in [-0.3, -0.25) is 9.98 Å². The predicted molar refractivity (Wildman–Crippen MR) is 132 cm³/mol. The van der Waals surface area contributed by atoms with Gasteiger partial charge in [-0.05, 0) is 66.8 Å². The van der Waals surface area contributed by atoms with Crippen LogP contribution in [0.1, 0.15) is 36.1 Å². The van der Waals surface area contributed by atoms with Gasteiger partial charge in [-0.1, -0.05) is 84.9 Å². The molecule has 4 rings (SSSR count). The molecule has 0 saturated carbocycles. The molecular weight excluding hydrogens is 376 g/mol. The summed E-state index contributed by atoms with van der Waals surface area (Å²) in [7, 11) is 0. The van der Waals surface area contributed by atoms with E-state index in [1.54, 1.807) is 0 Å². The van der Waals surface area contributed by atoms with Crippen LogP contribution in [0.5, 0.6) is 0 Å². The molecule has 0 N–H and O–H groups in total. The zero-order valence-electron chi connectivity index (χ0n) is 18.0. The van der Waals surface area contributed by atoms with Crippen LogP contribution in [0.15, 0.2) is 119 Å². The van der Waals surface area contributed by atoms with Gasteiger partial charge in [0.25, 0.3) is 0 Å². The molecule has 4 aromatic rings. The summed E-state index contributed by atoms with van der Waals surface area (Å²) >= 11 is 0. The minimum Gasteiger partial charge on any atom is -0.253 e. The molecule has 0 amide bonds. The number of rotatable bonds is 6. The van der Waals surface area contributed by atoms with Crippen molar-refractivity contribution in [2.45, 2.75) is 20.3 Å². The number of hydrogen-bond donors (Lipinski definition) is 0. The molecule has 0 spiro atoms. The van der Waals surface area contributed by atoms with Crippen LogP contribution in [-0.4, -0.2) is 11.4 Å². The molecule has 0 unspecified atom stereocenters. The second-order valence-corrected chi connectivity index (χ2v) is 7.64. The zero-order chi connectivity index (χ0) is 21.5. The molecule has 0 aliphatic carbocycles. The normalized spacial score (nSPS) is 12.1. The summed E-state index contributed by atoms with van der Waals surface area (Å²) in [6.45, 7) is 4.10. The second kappa shape index (κ2) is 9.82. The quantitative estimate of drug-likeness (QED) is 0.297. The number of nitrogens with zero attached hydrogens (tertiary/aromatic N) is 2. The van der Waals surface area contributed by atoms with Gasteiger partial charge in [-0.25, -0.2) is 0 Å². The molecule has 2 nitrogen and oxygen atoms in total. The summed E-state index contributed by atoms with van der Waals surface area (Å²) in [6.07, 6.45) is 0.892. The van der Waals surface area contributed by atoms with Crippen LogP contribution in [0.4, 0.5) is 11.4 Å². The van der Waals surface area contributed by atoms with E-state index in [-0.39, 0.29) is 0 Å². The third-order valence-corrected chi connectivity index (χ3v) is 5.26. The monoisotopic (exact) mass is 402 g/mol. The Morgan fingerprint density at radius 3 is 1.19 bits per heavy atom. The smallest absolute Gasteiger partial charge is 0.0633 e. The Bertz CT molecular complexity index is 1070. The molecule has 0 aromatic heterocycles. The van der Waals surface area contributed by atoms with Gasteiger partial charge in [0.15, 0.2) is 0 Å². The first-order chi connectivity index (χ1) is 15.2. The van der Waals surface area contributed by atoms with Crippen molar-refractivity contribution in [1.29, 1.82) is 0 Å². The van der Waals surface area contributed by atoms with Gasteiger partial charge >= 0.3 is 0 Å². The Kier molecular flexibility index (Phi) is 6.49. The molecule has 31 heavy (non-hydrogen) atoms. The van der Waals surface area contributed by atoms with E-state index in [4.69, 9.17) is 9.98 Å². The van der Waals surface area contributed by atoms with Gasteiger partial charge in [0, 0.05) is 11.4 Å². The Labute approximate surface area is 184 Å². The molecule has 0 atom stereocenters. The fraction of sp³-hybridized carbons (Fsp3) is 0.103. The Morgan fingerprint density at radius 2 is 0.839 bits per heavy atom. The first kappa shape index (κ1) is 20.5. The average Bonchev–Trinajstić information content (AvgIpc) is 2.82. The van der Waals surface area contributed by atoms with Gasteiger partial charge in [-0.2, -0.15) is 0 Å². The first-order valence-corrected chi connectivity index (χ1v) is 10.6. The van der Waals surface area contributed by atoms with E-state index in [0.29, 0.717) is 0 Å². The van der Waals surface area contributed by atoms with Gasteiger partial charge in [0.2, 0.25) is 0 Å². The minimum absolute atomic E-state index is 0.892. The highest BCUT2D eigenvalue weighted by Crippen LogP contribution is 2.20. The molecule has 0 radical (unpaired) electrons. The maximum absolute atomic E-state index is 4.74. The van der Waals surface area contributed by atoms with Gasteiger partial charge in [0.1, 0.15) is 0 Å². The van der Waals surface area contributed by atoms with Crippen molar-refractivity contribution in [3.05, 3.63) is 131 Å². The fourth-order valence-corrected chi connectivity index (χ4v) is 3.49. The van der Waals surface area contributed by atoms with E-state index in [2.05, 4.69) is 72.8 Å². The van der Waals surface area contributed by atoms with Gasteiger partial charge in [-0.15, -0.1) is 0 Å². The lowest BCUT2D eigenvalue weighted by Crippen LogP contribution is -1.93. The standard InChI is InChI=1S/C29H26N2/c1-22(26-9-5-3-6-10-26)30-28-17-13-24(14-18-28)21-25-15-19-29(20-16-25)31-23(2)27-11-7-4-8-12-27/h3-20H,21H2,1-2H3/b30-22-,31-23-. The SMILES string of the molecule is C/C(=N/c1ccc(Cc2ccc(/N=C(/C)c3ccccc3)cc2)cc1)c1ccccc1. The summed E-state index contributed by atoms with van der Waals surface area (Å²) < 4.78 is 0. The summed E-state index contributed by atoms with van der Waals surface area (Å²) in [6, 6.07) is 37.5. The predicted octanol–water partition coefficient (Wildman–Crippen LogP) is 7.56. The molecule has 0 bridgehead atoms. The lowest BCUT2D eigenvalue weighted by Gasteiger charge is -2.05. The van der Waals surface area contributed by atoms with E-state index in [1.165, 1.54) is 11.1 Å². The average molecular weight is 403 g/mol. The third-order valence-electron chi connectivity index (χ3n) is 5.26. The topological polar surface area (TPSA) is 24.7 Å². The molecule has 0 aliphatic rings. The molecule has 0 aliphatic heterocycles. The van der Waals surface area contributed by atoms with Crippen molar-refractivity contribution >= 4 is 22.8 Å². The van der Waals surface area contributed by atoms with Crippen molar-refractivity contribution in [2.75, 3.05) is 0 Å². The van der Waals surface area contributed by atoms with Crippen molar-refractivity contribution in [2.24, 2.45) is 9.98 Å². The first-order valence-electron chi connectivity index (χ1n) is 10.6. The van der Waals surface area contributed by atoms with Crippen LogP contribution in [0, 0.1) is 0 Å². The molecule has 0 heterocycles. The van der Waals surface area contributed by atoms with Crippen molar-refractivity contribution in [1.82, 2.24) is 0 Å². The fourth-order valence-electron chi connectivity index (χ4n) is 3.49. The van der Waals surface area contributed by atoms with E-state index >= 15 is 0 Å². The largest absolute Gasteiger partial charge is 0.253 e. The van der Waals surface area contributed by atoms with E-state index in [9.17, 15) is 0 Å². The molecule has 0 fully saturated rings. The Hall–Kier alpha value is -3.78. The lowest BCUT2D eigenvalue weighted by atomic mass is 10.0. The van der Waals surface area contributed by atoms with Crippen LogP contribution >= 0.6 is 0 Å². The third kappa shape index (κ3) is 5.64. The van der Waals surface area contributed by atoms with Gasteiger partial charge in [0.05, 0.1) is 11.4 Å². The Balaban J connectivity index is 1.42. The number of hydrogen-bond acceptors (Lipinski definition) is 2. The lowest BCUT2D eigenvalue weighted by molar-refractivity contribution is 1.19. The van der Waals surface area contributed by atoms with Crippen molar-refractivity contribution in [3.8, 4) is 0 Å². The molecule has 0 saturated heterocycles. The minimum atomic E-state index is 0.892. The number of aliphatic imine (C=N–C) groups is 2. The zero-order valence-corrected chi connectivity index (χ0v) is 18.0. The number of benzene rings is 4. The summed E-state index contributed by atoms with van der Waals surface area (Å²) in [5, 5.41) is 0. The van der Waals surface area contributed by atoms with Crippen LogP contribution in [-0.2, 0) is 6.42 Å². The summed E-state index contributed by atoms with van der Waals surface area (Å²) in [4.78, 5) is 9.49. The maximum atomic E-state index is 4.74. The summed E-state index contributed by atoms with van der Waals surface area (Å²) in [5.41, 5.74) is 8.85. The van der Waals surface area contributed by atoms with Crippen molar-refractivity contribution in [3.63, 3.8) is 0 Å². The molecule has 2 heteroatoms. The van der Waals surface area contributed by atoms with Crippen LogP contribution in [0.2, 0.25) is 0 Å². The van der Waals surface area contributed by atoms with Crippen LogP contribution in [0.25, 0.3) is 0 Å². The molecule has 152 valence electrons. The van der Waals surface area contributed by atoms with Crippen molar-refractivity contribution < 1.29 is 0 Å². The highest BCUT2D eigenvalue weighted by molar-refractivity contribution is 6.00. The molecule has 4 aromatic carbocycles. The maximum Gasteiger partial charge on any atom is 0.0633 e. The van der Waals surface area contributed by atoms with Gasteiger partial charge < -0.3 is 0 Å². The van der Waals surface area contributed by atoms with Crippen LogP contribution in [0.3, 0.4) is 0 Å². The summed E-state index contributed by atoms with van der Waals surface area (Å²) in [5.74, 6) is 0. The Morgan fingerprint density at radius 1 is 0.484 bits per heavy atom. The second-order valence-electron chi connectivity index (χ2n) is 7.64. The van der Waals surface area contributed by atoms with E-state index in [1.807, 2.05) is 50.2 Å². The van der Waals surface area contributed by atoms with E-state index in [0.717, 1.165) is 40.3 Å².